The first-order valence-corrected chi connectivity index (χ1v) is 5.53. The van der Waals surface area contributed by atoms with Gasteiger partial charge in [-0.15, -0.1) is 0 Å². The second-order valence-electron chi connectivity index (χ2n) is 2.57. The lowest BCUT2D eigenvalue weighted by atomic mass is 10.2. The molecule has 0 fully saturated rings. The van der Waals surface area contributed by atoms with Crippen LogP contribution >= 0.6 is 31.9 Å². The van der Waals surface area contributed by atoms with Gasteiger partial charge >= 0.3 is 0 Å². The average Bonchev–Trinajstić information content (AvgIpc) is 2.18. The van der Waals surface area contributed by atoms with Crippen LogP contribution in [0.5, 0.6) is 0 Å². The number of halogens is 3. The maximum atomic E-state index is 11.8. The molecule has 76 valence electrons. The highest BCUT2D eigenvalue weighted by Crippen LogP contribution is 2.21. The van der Waals surface area contributed by atoms with Crippen LogP contribution in [0.15, 0.2) is 27.1 Å². The first-order valence-electron chi connectivity index (χ1n) is 3.94. The molecule has 0 atom stereocenters. The summed E-state index contributed by atoms with van der Waals surface area (Å²) in [6, 6.07) is 5.25. The molecule has 0 saturated carbocycles. The van der Waals surface area contributed by atoms with Crippen LogP contribution in [0.3, 0.4) is 0 Å². The molecule has 0 radical (unpaired) electrons. The molecule has 0 spiro atoms. The molecule has 1 aromatic carbocycles. The number of nitrogens with one attached hydrogen (secondary N) is 1. The molecule has 14 heavy (non-hydrogen) atoms. The van der Waals surface area contributed by atoms with E-state index in [1.54, 1.807) is 12.1 Å². The number of carbonyl (C=O) groups is 1. The normalized spacial score (nSPS) is 9.93. The minimum Gasteiger partial charge on any atom is -0.349 e. The van der Waals surface area contributed by atoms with Gasteiger partial charge in [0.25, 0.3) is 5.91 Å². The third kappa shape index (κ3) is 3.06. The van der Waals surface area contributed by atoms with Crippen molar-refractivity contribution >= 4 is 37.8 Å². The summed E-state index contributed by atoms with van der Waals surface area (Å²) >= 11 is 6.51. The number of amides is 1. The topological polar surface area (TPSA) is 29.1 Å². The summed E-state index contributed by atoms with van der Waals surface area (Å²) in [6.45, 7) is -0.519. The van der Waals surface area contributed by atoms with Gasteiger partial charge in [0.1, 0.15) is 6.67 Å². The van der Waals surface area contributed by atoms with E-state index in [2.05, 4.69) is 37.2 Å². The largest absolute Gasteiger partial charge is 0.349 e. The van der Waals surface area contributed by atoms with Gasteiger partial charge in [-0.2, -0.15) is 0 Å². The van der Waals surface area contributed by atoms with Gasteiger partial charge in [0.05, 0.1) is 5.56 Å². The lowest BCUT2D eigenvalue weighted by Crippen LogP contribution is -2.25. The Hall–Kier alpha value is -0.420. The Bertz CT molecular complexity index is 344. The second kappa shape index (κ2) is 5.46. The van der Waals surface area contributed by atoms with Gasteiger partial charge in [-0.1, -0.05) is 15.9 Å². The monoisotopic (exact) mass is 323 g/mol. The van der Waals surface area contributed by atoms with Gasteiger partial charge in [-0.25, -0.2) is 4.39 Å². The molecule has 1 rings (SSSR count). The Labute approximate surface area is 98.1 Å². The molecular weight excluding hydrogens is 317 g/mol. The van der Waals surface area contributed by atoms with E-state index in [9.17, 15) is 9.18 Å². The van der Waals surface area contributed by atoms with Gasteiger partial charge in [0, 0.05) is 15.5 Å². The van der Waals surface area contributed by atoms with Crippen LogP contribution in [0.1, 0.15) is 10.4 Å². The average molecular weight is 325 g/mol. The SMILES string of the molecule is O=C(NCCF)c1cc(Br)ccc1Br. The summed E-state index contributed by atoms with van der Waals surface area (Å²) in [4.78, 5) is 11.4. The number of alkyl halides is 1. The molecule has 0 aliphatic heterocycles. The summed E-state index contributed by atoms with van der Waals surface area (Å²) in [5.41, 5.74) is 0.493. The Balaban J connectivity index is 2.83. The van der Waals surface area contributed by atoms with Crippen molar-refractivity contribution in [2.45, 2.75) is 0 Å². The van der Waals surface area contributed by atoms with Crippen molar-refractivity contribution < 1.29 is 9.18 Å². The van der Waals surface area contributed by atoms with E-state index < -0.39 is 6.67 Å². The molecule has 0 heterocycles. The minimum absolute atomic E-state index is 0.0395. The zero-order valence-corrected chi connectivity index (χ0v) is 10.4. The van der Waals surface area contributed by atoms with Crippen LogP contribution in [0.25, 0.3) is 0 Å². The number of hydrogen-bond donors (Lipinski definition) is 1. The summed E-state index contributed by atoms with van der Waals surface area (Å²) in [7, 11) is 0. The summed E-state index contributed by atoms with van der Waals surface area (Å²) < 4.78 is 13.3. The van der Waals surface area contributed by atoms with Crippen LogP contribution in [0.2, 0.25) is 0 Å². The summed E-state index contributed by atoms with van der Waals surface area (Å²) in [5.74, 6) is -0.282. The molecule has 0 saturated heterocycles. The van der Waals surface area contributed by atoms with E-state index in [0.29, 0.717) is 10.0 Å². The standard InChI is InChI=1S/C9H8Br2FNO/c10-6-1-2-8(11)7(5-6)9(14)13-4-3-12/h1-2,5H,3-4H2,(H,13,14). The van der Waals surface area contributed by atoms with Crippen molar-refractivity contribution in [2.75, 3.05) is 13.2 Å². The molecule has 1 aromatic rings. The number of hydrogen-bond acceptors (Lipinski definition) is 1. The fourth-order valence-electron chi connectivity index (χ4n) is 0.928. The fraction of sp³-hybridized carbons (Fsp3) is 0.222. The molecular formula is C9H8Br2FNO. The zero-order chi connectivity index (χ0) is 10.6. The van der Waals surface area contributed by atoms with Crippen LogP contribution in [-0.4, -0.2) is 19.1 Å². The Morgan fingerprint density at radius 2 is 2.14 bits per heavy atom. The molecule has 1 amide bonds. The third-order valence-electron chi connectivity index (χ3n) is 1.55. The number of benzene rings is 1. The number of rotatable bonds is 3. The highest BCUT2D eigenvalue weighted by molar-refractivity contribution is 9.11. The van der Waals surface area contributed by atoms with Crippen molar-refractivity contribution in [3.05, 3.63) is 32.7 Å². The molecule has 0 aromatic heterocycles. The molecule has 0 aliphatic rings. The predicted octanol–water partition coefficient (Wildman–Crippen LogP) is 2.91. The predicted molar refractivity (Wildman–Crippen MR) is 60.2 cm³/mol. The van der Waals surface area contributed by atoms with Gasteiger partial charge in [-0.3, -0.25) is 4.79 Å². The van der Waals surface area contributed by atoms with Crippen LogP contribution in [-0.2, 0) is 0 Å². The third-order valence-corrected chi connectivity index (χ3v) is 2.74. The lowest BCUT2D eigenvalue weighted by molar-refractivity contribution is 0.0950. The van der Waals surface area contributed by atoms with E-state index in [4.69, 9.17) is 0 Å². The van der Waals surface area contributed by atoms with Gasteiger partial charge in [0.2, 0.25) is 0 Å². The maximum Gasteiger partial charge on any atom is 0.252 e. The van der Waals surface area contributed by atoms with E-state index in [0.717, 1.165) is 4.47 Å². The molecule has 2 nitrogen and oxygen atoms in total. The molecule has 1 N–H and O–H groups in total. The summed E-state index contributed by atoms with van der Waals surface area (Å²) in [5, 5.41) is 2.45. The smallest absolute Gasteiger partial charge is 0.252 e. The van der Waals surface area contributed by atoms with Crippen molar-refractivity contribution in [2.24, 2.45) is 0 Å². The molecule has 0 unspecified atom stereocenters. The number of carbonyl (C=O) groups excluding carboxylic acids is 1. The highest BCUT2D eigenvalue weighted by atomic mass is 79.9. The Morgan fingerprint density at radius 1 is 1.43 bits per heavy atom. The fourth-order valence-corrected chi connectivity index (χ4v) is 1.72. The van der Waals surface area contributed by atoms with E-state index in [1.807, 2.05) is 6.07 Å². The molecule has 0 aliphatic carbocycles. The lowest BCUT2D eigenvalue weighted by Gasteiger charge is -2.05. The van der Waals surface area contributed by atoms with Crippen molar-refractivity contribution in [3.63, 3.8) is 0 Å². The van der Waals surface area contributed by atoms with Gasteiger partial charge in [0.15, 0.2) is 0 Å². The summed E-state index contributed by atoms with van der Waals surface area (Å²) in [6.07, 6.45) is 0. The van der Waals surface area contributed by atoms with Gasteiger partial charge in [-0.05, 0) is 34.1 Å². The first kappa shape index (κ1) is 11.7. The molecule has 0 bridgehead atoms. The van der Waals surface area contributed by atoms with Crippen LogP contribution in [0.4, 0.5) is 4.39 Å². The van der Waals surface area contributed by atoms with E-state index in [1.165, 1.54) is 0 Å². The minimum atomic E-state index is -0.558. The molecule has 5 heteroatoms. The highest BCUT2D eigenvalue weighted by Gasteiger charge is 2.09. The maximum absolute atomic E-state index is 11.8. The van der Waals surface area contributed by atoms with E-state index >= 15 is 0 Å². The quantitative estimate of drug-likeness (QED) is 0.910. The first-order chi connectivity index (χ1) is 6.65. The van der Waals surface area contributed by atoms with Crippen molar-refractivity contribution in [1.82, 2.24) is 5.32 Å². The van der Waals surface area contributed by atoms with Crippen molar-refractivity contribution in [3.8, 4) is 0 Å². The van der Waals surface area contributed by atoms with Crippen LogP contribution < -0.4 is 5.32 Å². The van der Waals surface area contributed by atoms with Crippen molar-refractivity contribution in [1.29, 1.82) is 0 Å². The Kier molecular flexibility index (Phi) is 4.54. The second-order valence-corrected chi connectivity index (χ2v) is 4.34. The van der Waals surface area contributed by atoms with E-state index in [-0.39, 0.29) is 12.5 Å². The van der Waals surface area contributed by atoms with Crippen LogP contribution in [0, 0.1) is 0 Å². The zero-order valence-electron chi connectivity index (χ0n) is 7.19. The van der Waals surface area contributed by atoms with Gasteiger partial charge < -0.3 is 5.32 Å². The Morgan fingerprint density at radius 3 is 2.79 bits per heavy atom.